The Morgan fingerprint density at radius 1 is 1.00 bits per heavy atom. The molecule has 30 heavy (non-hydrogen) atoms. The fourth-order valence-electron chi connectivity index (χ4n) is 3.79. The van der Waals surface area contributed by atoms with Gasteiger partial charge in [0.1, 0.15) is 5.75 Å². The standard InChI is InChI=1S/C25H26N4O/c1-2-14-29(22-10-11-22)18-19-6-4-8-21(16-19)27-25-26-13-12-24(28-25)20-7-5-9-23(17-20)30-15-3-1/h1-2,4-9,12-13,16-17,22H,3,10-11,14-15,18H2,(H,26,27,28). The van der Waals surface area contributed by atoms with E-state index in [1.165, 1.54) is 18.4 Å². The highest BCUT2D eigenvalue weighted by molar-refractivity contribution is 5.63. The Morgan fingerprint density at radius 2 is 1.93 bits per heavy atom. The molecule has 2 aromatic carbocycles. The number of fused-ring (bicyclic) bond motifs is 7. The highest BCUT2D eigenvalue weighted by Gasteiger charge is 2.28. The van der Waals surface area contributed by atoms with Crippen molar-refractivity contribution in [2.24, 2.45) is 0 Å². The van der Waals surface area contributed by atoms with Crippen LogP contribution in [0.3, 0.4) is 0 Å². The molecule has 152 valence electrons. The third-order valence-electron chi connectivity index (χ3n) is 5.48. The van der Waals surface area contributed by atoms with E-state index >= 15 is 0 Å². The van der Waals surface area contributed by atoms with Crippen molar-refractivity contribution >= 4 is 11.6 Å². The van der Waals surface area contributed by atoms with Crippen LogP contribution in [-0.2, 0) is 6.54 Å². The van der Waals surface area contributed by atoms with Crippen LogP contribution in [-0.4, -0.2) is 34.1 Å². The zero-order valence-electron chi connectivity index (χ0n) is 17.0. The lowest BCUT2D eigenvalue weighted by molar-refractivity contribution is 0.283. The Hall–Kier alpha value is -3.18. The molecule has 0 radical (unpaired) electrons. The van der Waals surface area contributed by atoms with E-state index in [-0.39, 0.29) is 0 Å². The van der Waals surface area contributed by atoms with Gasteiger partial charge in [-0.15, -0.1) is 0 Å². The second kappa shape index (κ2) is 8.67. The Balaban J connectivity index is 1.47. The van der Waals surface area contributed by atoms with Crippen LogP contribution < -0.4 is 10.1 Å². The summed E-state index contributed by atoms with van der Waals surface area (Å²) in [7, 11) is 0. The first-order valence-electron chi connectivity index (χ1n) is 10.6. The van der Waals surface area contributed by atoms with Crippen LogP contribution >= 0.6 is 0 Å². The van der Waals surface area contributed by atoms with E-state index < -0.39 is 0 Å². The summed E-state index contributed by atoms with van der Waals surface area (Å²) < 4.78 is 5.96. The third kappa shape index (κ3) is 4.69. The van der Waals surface area contributed by atoms with Gasteiger partial charge in [0.25, 0.3) is 0 Å². The number of hydrogen-bond donors (Lipinski definition) is 1. The smallest absolute Gasteiger partial charge is 0.227 e. The lowest BCUT2D eigenvalue weighted by Crippen LogP contribution is -2.25. The molecule has 1 aliphatic carbocycles. The molecule has 6 bridgehead atoms. The van der Waals surface area contributed by atoms with Crippen molar-refractivity contribution in [3.05, 3.63) is 78.5 Å². The second-order valence-corrected chi connectivity index (χ2v) is 7.89. The van der Waals surface area contributed by atoms with Gasteiger partial charge in [0.2, 0.25) is 5.95 Å². The molecule has 5 nitrogen and oxygen atoms in total. The molecule has 5 rings (SSSR count). The highest BCUT2D eigenvalue weighted by Crippen LogP contribution is 2.29. The van der Waals surface area contributed by atoms with Crippen LogP contribution in [0, 0.1) is 0 Å². The minimum atomic E-state index is 0.596. The topological polar surface area (TPSA) is 50.3 Å². The van der Waals surface area contributed by atoms with Gasteiger partial charge >= 0.3 is 0 Å². The number of hydrogen-bond acceptors (Lipinski definition) is 5. The van der Waals surface area contributed by atoms with Gasteiger partial charge in [-0.25, -0.2) is 9.97 Å². The first-order chi connectivity index (χ1) is 14.8. The number of rotatable bonds is 1. The molecule has 0 atom stereocenters. The van der Waals surface area contributed by atoms with E-state index in [2.05, 4.69) is 51.6 Å². The van der Waals surface area contributed by atoms with E-state index in [9.17, 15) is 0 Å². The van der Waals surface area contributed by atoms with Gasteiger partial charge < -0.3 is 10.1 Å². The number of ether oxygens (including phenoxy) is 1. The monoisotopic (exact) mass is 398 g/mol. The molecular formula is C25H26N4O. The Kier molecular flexibility index (Phi) is 5.44. The number of aromatic nitrogens is 2. The average molecular weight is 399 g/mol. The minimum absolute atomic E-state index is 0.596. The van der Waals surface area contributed by atoms with Crippen molar-refractivity contribution in [3.63, 3.8) is 0 Å². The van der Waals surface area contributed by atoms with Crippen LogP contribution in [0.5, 0.6) is 5.75 Å². The molecular weight excluding hydrogens is 372 g/mol. The molecule has 2 aliphatic rings. The second-order valence-electron chi connectivity index (χ2n) is 7.89. The Morgan fingerprint density at radius 3 is 2.87 bits per heavy atom. The quantitative estimate of drug-likeness (QED) is 0.572. The van der Waals surface area contributed by atoms with Crippen molar-refractivity contribution in [1.29, 1.82) is 0 Å². The van der Waals surface area contributed by atoms with Gasteiger partial charge in [-0.2, -0.15) is 0 Å². The molecule has 3 aromatic rings. The van der Waals surface area contributed by atoms with Crippen molar-refractivity contribution in [1.82, 2.24) is 14.9 Å². The fourth-order valence-corrected chi connectivity index (χ4v) is 3.79. The molecule has 1 aliphatic heterocycles. The molecule has 0 saturated heterocycles. The van der Waals surface area contributed by atoms with Crippen LogP contribution in [0.2, 0.25) is 0 Å². The summed E-state index contributed by atoms with van der Waals surface area (Å²) in [4.78, 5) is 11.7. The molecule has 1 aromatic heterocycles. The lowest BCUT2D eigenvalue weighted by atomic mass is 10.1. The zero-order valence-corrected chi connectivity index (χ0v) is 17.0. The maximum absolute atomic E-state index is 5.96. The van der Waals surface area contributed by atoms with E-state index in [4.69, 9.17) is 9.72 Å². The van der Waals surface area contributed by atoms with Crippen LogP contribution in [0.25, 0.3) is 11.3 Å². The number of anilines is 2. The van der Waals surface area contributed by atoms with E-state index in [0.717, 1.165) is 42.2 Å². The Labute approximate surface area is 177 Å². The molecule has 0 spiro atoms. The highest BCUT2D eigenvalue weighted by atomic mass is 16.5. The summed E-state index contributed by atoms with van der Waals surface area (Å²) in [5, 5.41) is 3.37. The van der Waals surface area contributed by atoms with Gasteiger partial charge in [-0.05, 0) is 55.2 Å². The van der Waals surface area contributed by atoms with Crippen LogP contribution in [0.4, 0.5) is 11.6 Å². The fraction of sp³-hybridized carbons (Fsp3) is 0.280. The molecule has 0 amide bonds. The summed E-state index contributed by atoms with van der Waals surface area (Å²) in [5.41, 5.74) is 4.20. The largest absolute Gasteiger partial charge is 0.493 e. The molecule has 1 saturated carbocycles. The molecule has 1 N–H and O–H groups in total. The molecule has 0 unspecified atom stereocenters. The van der Waals surface area contributed by atoms with Crippen LogP contribution in [0.1, 0.15) is 24.8 Å². The third-order valence-corrected chi connectivity index (χ3v) is 5.48. The van der Waals surface area contributed by atoms with Crippen molar-refractivity contribution < 1.29 is 4.74 Å². The summed E-state index contributed by atoms with van der Waals surface area (Å²) in [6.45, 7) is 2.59. The maximum Gasteiger partial charge on any atom is 0.227 e. The van der Waals surface area contributed by atoms with E-state index in [0.29, 0.717) is 18.6 Å². The van der Waals surface area contributed by atoms with Crippen molar-refractivity contribution in [2.75, 3.05) is 18.5 Å². The number of benzene rings is 2. The van der Waals surface area contributed by atoms with Gasteiger partial charge in [-0.1, -0.05) is 36.4 Å². The Bertz CT molecular complexity index is 1040. The lowest BCUT2D eigenvalue weighted by Gasteiger charge is -2.21. The molecule has 1 fully saturated rings. The normalized spacial score (nSPS) is 17.3. The van der Waals surface area contributed by atoms with Gasteiger partial charge in [0.15, 0.2) is 0 Å². The summed E-state index contributed by atoms with van der Waals surface area (Å²) in [5.74, 6) is 1.46. The first-order valence-corrected chi connectivity index (χ1v) is 10.6. The summed E-state index contributed by atoms with van der Waals surface area (Å²) in [6, 6.07) is 19.3. The first kappa shape index (κ1) is 18.8. The summed E-state index contributed by atoms with van der Waals surface area (Å²) >= 11 is 0. The summed E-state index contributed by atoms with van der Waals surface area (Å²) in [6.07, 6.45) is 9.80. The molecule has 2 heterocycles. The van der Waals surface area contributed by atoms with Crippen molar-refractivity contribution in [2.45, 2.75) is 31.8 Å². The van der Waals surface area contributed by atoms with Gasteiger partial charge in [0, 0.05) is 36.6 Å². The van der Waals surface area contributed by atoms with Crippen molar-refractivity contribution in [3.8, 4) is 17.0 Å². The SMILES string of the molecule is C1=CCN(C2CC2)Cc2cccc(c2)Nc2nccc(n2)-c2cccc(c2)OCC1. The van der Waals surface area contributed by atoms with E-state index in [1.807, 2.05) is 30.3 Å². The number of nitrogens with one attached hydrogen (secondary N) is 1. The predicted molar refractivity (Wildman–Crippen MR) is 120 cm³/mol. The van der Waals surface area contributed by atoms with E-state index in [1.54, 1.807) is 6.20 Å². The number of nitrogens with zero attached hydrogens (tertiary/aromatic N) is 3. The van der Waals surface area contributed by atoms with Crippen LogP contribution in [0.15, 0.2) is 72.9 Å². The predicted octanol–water partition coefficient (Wildman–Crippen LogP) is 5.19. The minimum Gasteiger partial charge on any atom is -0.493 e. The van der Waals surface area contributed by atoms with Gasteiger partial charge in [-0.3, -0.25) is 4.90 Å². The maximum atomic E-state index is 5.96. The molecule has 5 heteroatoms. The van der Waals surface area contributed by atoms with Gasteiger partial charge in [0.05, 0.1) is 12.3 Å². The zero-order chi connectivity index (χ0) is 20.2. The average Bonchev–Trinajstić information content (AvgIpc) is 3.61.